The molecule has 0 aliphatic rings. The minimum Gasteiger partial charge on any atom is -0.479 e. The van der Waals surface area contributed by atoms with Crippen LogP contribution in [0.2, 0.25) is 0 Å². The quantitative estimate of drug-likeness (QED) is 0.673. The lowest BCUT2D eigenvalue weighted by molar-refractivity contribution is -0.135. The molecule has 0 radical (unpaired) electrons. The molecule has 0 fully saturated rings. The summed E-state index contributed by atoms with van der Waals surface area (Å²) >= 11 is 9.56. The average molecular weight is 196 g/mol. The van der Waals surface area contributed by atoms with Crippen LogP contribution < -0.4 is 0 Å². The number of carbonyl (C=O) groups is 1. The first-order valence-corrected chi connectivity index (χ1v) is 3.60. The van der Waals surface area contributed by atoms with Crippen molar-refractivity contribution in [1.82, 2.24) is 4.98 Å². The Hall–Kier alpha value is -0.670. The van der Waals surface area contributed by atoms with Crippen LogP contribution in [-0.4, -0.2) is 20.9 Å². The molecule has 0 spiro atoms. The van der Waals surface area contributed by atoms with Gasteiger partial charge in [-0.25, -0.2) is 4.79 Å². The van der Waals surface area contributed by atoms with Gasteiger partial charge in [0.05, 0.1) is 0 Å². The van der Waals surface area contributed by atoms with E-state index in [1.807, 2.05) is 24.5 Å². The van der Waals surface area contributed by atoms with Crippen LogP contribution in [0.3, 0.4) is 0 Å². The van der Waals surface area contributed by atoms with Gasteiger partial charge in [0.2, 0.25) is 4.84 Å². The van der Waals surface area contributed by atoms with E-state index in [1.54, 1.807) is 0 Å². The molecule has 0 unspecified atom stereocenters. The minimum absolute atomic E-state index is 1.21. The van der Waals surface area contributed by atoms with Crippen molar-refractivity contribution in [3.8, 4) is 0 Å². The van der Waals surface area contributed by atoms with E-state index in [-0.39, 0.29) is 0 Å². The Morgan fingerprint density at radius 3 is 1.82 bits per heavy atom. The molecule has 0 amide bonds. The van der Waals surface area contributed by atoms with Crippen LogP contribution in [0.5, 0.6) is 0 Å². The summed E-state index contributed by atoms with van der Waals surface area (Å²) in [4.78, 5) is 11.0. The summed E-state index contributed by atoms with van der Waals surface area (Å²) in [5.41, 5.74) is 0. The molecule has 1 aromatic rings. The van der Waals surface area contributed by atoms with Gasteiger partial charge in [-0.1, -0.05) is 23.2 Å². The maximum atomic E-state index is 9.44. The predicted octanol–water partition coefficient (Wildman–Crippen LogP) is 1.89. The zero-order valence-corrected chi connectivity index (χ0v) is 7.01. The molecule has 0 bridgehead atoms. The van der Waals surface area contributed by atoms with Crippen molar-refractivity contribution in [2.75, 3.05) is 0 Å². The lowest BCUT2D eigenvalue weighted by atomic mass is 10.7. The number of nitrogens with one attached hydrogen (secondary N) is 1. The van der Waals surface area contributed by atoms with Gasteiger partial charge in [0.1, 0.15) is 0 Å². The third-order valence-corrected chi connectivity index (χ3v) is 1.06. The molecule has 1 rings (SSSR count). The molecule has 1 heterocycles. The number of halogens is 2. The fourth-order valence-electron chi connectivity index (χ4n) is 0.278. The van der Waals surface area contributed by atoms with Crippen molar-refractivity contribution in [3.63, 3.8) is 0 Å². The van der Waals surface area contributed by atoms with Gasteiger partial charge in [0.25, 0.3) is 0 Å². The summed E-state index contributed by atoms with van der Waals surface area (Å²) in [7, 11) is 0. The van der Waals surface area contributed by atoms with Gasteiger partial charge >= 0.3 is 5.97 Å². The second-order valence-electron chi connectivity index (χ2n) is 1.52. The van der Waals surface area contributed by atoms with Crippen LogP contribution >= 0.6 is 23.2 Å². The fraction of sp³-hybridized carbons (Fsp3) is 0.167. The summed E-state index contributed by atoms with van der Waals surface area (Å²) in [6, 6.07) is 3.89. The van der Waals surface area contributed by atoms with E-state index in [0.29, 0.717) is 0 Å². The van der Waals surface area contributed by atoms with E-state index in [1.165, 1.54) is 0 Å². The molecular formula is C6H7Cl2NO2. The highest BCUT2D eigenvalue weighted by atomic mass is 35.5. The van der Waals surface area contributed by atoms with E-state index in [9.17, 15) is 4.79 Å². The number of aromatic amines is 1. The first-order valence-electron chi connectivity index (χ1n) is 2.73. The van der Waals surface area contributed by atoms with Crippen molar-refractivity contribution in [2.45, 2.75) is 4.84 Å². The maximum absolute atomic E-state index is 9.44. The van der Waals surface area contributed by atoms with E-state index in [4.69, 9.17) is 28.3 Å². The number of hydrogen-bond acceptors (Lipinski definition) is 1. The average Bonchev–Trinajstić information content (AvgIpc) is 2.41. The number of carboxylic acid groups (broad SMARTS) is 1. The molecule has 0 aliphatic heterocycles. The molecule has 62 valence electrons. The van der Waals surface area contributed by atoms with Crippen molar-refractivity contribution in [1.29, 1.82) is 0 Å². The molecule has 11 heavy (non-hydrogen) atoms. The van der Waals surface area contributed by atoms with Crippen molar-refractivity contribution in [2.24, 2.45) is 0 Å². The molecular weight excluding hydrogens is 189 g/mol. The Labute approximate surface area is 73.9 Å². The van der Waals surface area contributed by atoms with Gasteiger partial charge in [-0.3, -0.25) is 0 Å². The van der Waals surface area contributed by atoms with Gasteiger partial charge in [0.15, 0.2) is 0 Å². The van der Waals surface area contributed by atoms with Crippen LogP contribution in [0.25, 0.3) is 0 Å². The zero-order chi connectivity index (χ0) is 8.69. The topological polar surface area (TPSA) is 53.1 Å². The molecule has 0 aromatic carbocycles. The summed E-state index contributed by atoms with van der Waals surface area (Å²) in [5, 5.41) is 7.73. The summed E-state index contributed by atoms with van der Waals surface area (Å²) in [6.07, 6.45) is 3.75. The highest BCUT2D eigenvalue weighted by Gasteiger charge is 2.05. The number of aliphatic carboxylic acids is 1. The van der Waals surface area contributed by atoms with E-state index in [0.717, 1.165) is 0 Å². The van der Waals surface area contributed by atoms with Crippen LogP contribution in [0.15, 0.2) is 24.5 Å². The van der Waals surface area contributed by atoms with Crippen molar-refractivity contribution >= 4 is 29.2 Å². The van der Waals surface area contributed by atoms with Crippen molar-refractivity contribution in [3.05, 3.63) is 24.5 Å². The largest absolute Gasteiger partial charge is 0.479 e. The first-order chi connectivity index (χ1) is 5.14. The predicted molar refractivity (Wildman–Crippen MR) is 43.9 cm³/mol. The number of aromatic nitrogens is 1. The lowest BCUT2D eigenvalue weighted by Crippen LogP contribution is -2.03. The highest BCUT2D eigenvalue weighted by Crippen LogP contribution is 1.98. The molecule has 1 aromatic heterocycles. The fourth-order valence-corrected chi connectivity index (χ4v) is 0.278. The van der Waals surface area contributed by atoms with Crippen molar-refractivity contribution < 1.29 is 9.90 Å². The second-order valence-corrected chi connectivity index (χ2v) is 2.62. The Balaban J connectivity index is 0.000000183. The summed E-state index contributed by atoms with van der Waals surface area (Å²) < 4.78 is 0. The Kier molecular flexibility index (Phi) is 5.70. The molecule has 5 heteroatoms. The Bertz CT molecular complexity index is 169. The Morgan fingerprint density at radius 2 is 1.73 bits per heavy atom. The molecule has 0 saturated carbocycles. The minimum atomic E-state index is -1.29. The molecule has 3 nitrogen and oxygen atoms in total. The van der Waals surface area contributed by atoms with E-state index >= 15 is 0 Å². The van der Waals surface area contributed by atoms with Gasteiger partial charge in [-0.2, -0.15) is 0 Å². The summed E-state index contributed by atoms with van der Waals surface area (Å²) in [5.74, 6) is -1.21. The molecule has 0 atom stereocenters. The SMILES string of the molecule is O=C(O)C(Cl)Cl.c1cc[nH]c1. The smallest absolute Gasteiger partial charge is 0.337 e. The van der Waals surface area contributed by atoms with Crippen LogP contribution in [-0.2, 0) is 4.79 Å². The highest BCUT2D eigenvalue weighted by molar-refractivity contribution is 6.52. The number of rotatable bonds is 1. The zero-order valence-electron chi connectivity index (χ0n) is 5.50. The number of H-pyrrole nitrogens is 1. The third kappa shape index (κ3) is 7.22. The normalized spacial score (nSPS) is 8.64. The molecule has 0 aliphatic carbocycles. The van der Waals surface area contributed by atoms with Crippen LogP contribution in [0.4, 0.5) is 0 Å². The molecule has 2 N–H and O–H groups in total. The van der Waals surface area contributed by atoms with Crippen LogP contribution in [0.1, 0.15) is 0 Å². The third-order valence-electron chi connectivity index (χ3n) is 0.683. The second kappa shape index (κ2) is 6.07. The summed E-state index contributed by atoms with van der Waals surface area (Å²) in [6.45, 7) is 0. The van der Waals surface area contributed by atoms with E-state index < -0.39 is 10.8 Å². The van der Waals surface area contributed by atoms with Gasteiger partial charge in [-0.05, 0) is 12.1 Å². The van der Waals surface area contributed by atoms with Crippen LogP contribution in [0, 0.1) is 0 Å². The Morgan fingerprint density at radius 1 is 1.36 bits per heavy atom. The number of hydrogen-bond donors (Lipinski definition) is 2. The van der Waals surface area contributed by atoms with Gasteiger partial charge in [0, 0.05) is 12.4 Å². The van der Waals surface area contributed by atoms with Gasteiger partial charge < -0.3 is 10.1 Å². The monoisotopic (exact) mass is 195 g/mol. The van der Waals surface area contributed by atoms with E-state index in [2.05, 4.69) is 4.98 Å². The first kappa shape index (κ1) is 10.3. The standard InChI is InChI=1S/C4H5N.C2H2Cl2O2/c1-2-4-5-3-1;3-1(4)2(5)6/h1-5H;1H,(H,5,6). The molecule has 0 saturated heterocycles. The number of alkyl halides is 2. The number of carboxylic acids is 1. The lowest BCUT2D eigenvalue weighted by Gasteiger charge is -1.84. The van der Waals surface area contributed by atoms with Gasteiger partial charge in [-0.15, -0.1) is 0 Å². The maximum Gasteiger partial charge on any atom is 0.337 e.